The van der Waals surface area contributed by atoms with Gasteiger partial charge in [-0.05, 0) is 26.0 Å². The average molecular weight is 264 g/mol. The molecular weight excluding hydrogens is 250 g/mol. The van der Waals surface area contributed by atoms with E-state index >= 15 is 0 Å². The molecule has 1 aromatic carbocycles. The predicted molar refractivity (Wildman–Crippen MR) is 72.0 cm³/mol. The summed E-state index contributed by atoms with van der Waals surface area (Å²) in [7, 11) is 0. The molecule has 0 aliphatic carbocycles. The maximum Gasteiger partial charge on any atom is 0.258 e. The van der Waals surface area contributed by atoms with Gasteiger partial charge in [0.1, 0.15) is 5.82 Å². The number of amides is 1. The van der Waals surface area contributed by atoms with Gasteiger partial charge in [0.15, 0.2) is 0 Å². The zero-order valence-corrected chi connectivity index (χ0v) is 11.0. The highest BCUT2D eigenvalue weighted by Gasteiger charge is 2.13. The van der Waals surface area contributed by atoms with Crippen LogP contribution in [0.4, 0.5) is 5.82 Å². The molecule has 0 fully saturated rings. The zero-order valence-electron chi connectivity index (χ0n) is 10.2. The highest BCUT2D eigenvalue weighted by Crippen LogP contribution is 2.18. The van der Waals surface area contributed by atoms with Crippen LogP contribution in [0.2, 0.25) is 5.02 Å². The Labute approximate surface area is 111 Å². The second-order valence-corrected chi connectivity index (χ2v) is 4.60. The molecular formula is C13H14ClN3O. The van der Waals surface area contributed by atoms with E-state index in [2.05, 4.69) is 10.4 Å². The molecule has 18 heavy (non-hydrogen) atoms. The number of aromatic nitrogens is 2. The van der Waals surface area contributed by atoms with Crippen LogP contribution in [0, 0.1) is 0 Å². The highest BCUT2D eigenvalue weighted by molar-refractivity contribution is 6.34. The van der Waals surface area contributed by atoms with Gasteiger partial charge in [0.2, 0.25) is 0 Å². The number of nitrogens with one attached hydrogen (secondary N) is 1. The summed E-state index contributed by atoms with van der Waals surface area (Å²) >= 11 is 5.98. The minimum atomic E-state index is -0.233. The van der Waals surface area contributed by atoms with Crippen LogP contribution in [-0.4, -0.2) is 15.7 Å². The van der Waals surface area contributed by atoms with E-state index in [-0.39, 0.29) is 11.9 Å². The number of halogens is 1. The van der Waals surface area contributed by atoms with Gasteiger partial charge in [0.25, 0.3) is 5.91 Å². The molecule has 1 aromatic heterocycles. The Balaban J connectivity index is 2.22. The summed E-state index contributed by atoms with van der Waals surface area (Å²) in [6.07, 6.45) is 1.65. The van der Waals surface area contributed by atoms with E-state index < -0.39 is 0 Å². The summed E-state index contributed by atoms with van der Waals surface area (Å²) < 4.78 is 1.74. The van der Waals surface area contributed by atoms with Gasteiger partial charge in [-0.25, -0.2) is 4.68 Å². The molecule has 2 aromatic rings. The number of hydrogen-bond acceptors (Lipinski definition) is 2. The van der Waals surface area contributed by atoms with Crippen molar-refractivity contribution in [3.63, 3.8) is 0 Å². The fraction of sp³-hybridized carbons (Fsp3) is 0.231. The summed E-state index contributed by atoms with van der Waals surface area (Å²) in [6.45, 7) is 4.00. The molecule has 94 valence electrons. The summed E-state index contributed by atoms with van der Waals surface area (Å²) in [5, 5.41) is 7.40. The Kier molecular flexibility index (Phi) is 3.67. The quantitative estimate of drug-likeness (QED) is 0.923. The van der Waals surface area contributed by atoms with Gasteiger partial charge in [0, 0.05) is 12.1 Å². The van der Waals surface area contributed by atoms with E-state index in [0.717, 1.165) is 0 Å². The smallest absolute Gasteiger partial charge is 0.258 e. The molecule has 0 radical (unpaired) electrons. The molecule has 0 saturated heterocycles. The topological polar surface area (TPSA) is 46.9 Å². The summed E-state index contributed by atoms with van der Waals surface area (Å²) in [5.41, 5.74) is 0.454. The van der Waals surface area contributed by atoms with E-state index in [1.54, 1.807) is 41.2 Å². The summed E-state index contributed by atoms with van der Waals surface area (Å²) in [6, 6.07) is 8.89. The van der Waals surface area contributed by atoms with Gasteiger partial charge in [-0.1, -0.05) is 23.7 Å². The van der Waals surface area contributed by atoms with Gasteiger partial charge in [-0.2, -0.15) is 5.10 Å². The minimum absolute atomic E-state index is 0.182. The Hall–Kier alpha value is -1.81. The predicted octanol–water partition coefficient (Wildman–Crippen LogP) is 3.37. The van der Waals surface area contributed by atoms with E-state index in [1.807, 2.05) is 13.8 Å². The monoisotopic (exact) mass is 263 g/mol. The number of benzene rings is 1. The molecule has 0 saturated carbocycles. The molecule has 1 heterocycles. The second-order valence-electron chi connectivity index (χ2n) is 4.19. The van der Waals surface area contributed by atoms with E-state index in [1.165, 1.54) is 0 Å². The van der Waals surface area contributed by atoms with Crippen LogP contribution in [0.15, 0.2) is 36.5 Å². The maximum atomic E-state index is 12.1. The molecule has 0 aliphatic rings. The van der Waals surface area contributed by atoms with Crippen molar-refractivity contribution in [1.29, 1.82) is 0 Å². The fourth-order valence-corrected chi connectivity index (χ4v) is 1.88. The first-order valence-electron chi connectivity index (χ1n) is 5.69. The van der Waals surface area contributed by atoms with Crippen LogP contribution >= 0.6 is 11.6 Å². The minimum Gasteiger partial charge on any atom is -0.307 e. The molecule has 0 atom stereocenters. The lowest BCUT2D eigenvalue weighted by molar-refractivity contribution is 0.102. The van der Waals surface area contributed by atoms with Crippen LogP contribution in [0.25, 0.3) is 0 Å². The number of rotatable bonds is 3. The van der Waals surface area contributed by atoms with Crippen molar-refractivity contribution in [1.82, 2.24) is 9.78 Å². The van der Waals surface area contributed by atoms with Gasteiger partial charge in [0.05, 0.1) is 16.8 Å². The van der Waals surface area contributed by atoms with Gasteiger partial charge in [-0.15, -0.1) is 0 Å². The Morgan fingerprint density at radius 2 is 2.06 bits per heavy atom. The van der Waals surface area contributed by atoms with Crippen LogP contribution in [0.3, 0.4) is 0 Å². The third-order valence-corrected chi connectivity index (χ3v) is 2.85. The number of anilines is 1. The molecule has 1 N–H and O–H groups in total. The van der Waals surface area contributed by atoms with E-state index in [0.29, 0.717) is 16.4 Å². The van der Waals surface area contributed by atoms with Gasteiger partial charge < -0.3 is 5.32 Å². The standard InChI is InChI=1S/C13H14ClN3O/c1-9(2)17-12(7-8-15-17)16-13(18)10-5-3-4-6-11(10)14/h3-9H,1-2H3,(H,16,18). The molecule has 0 spiro atoms. The third-order valence-electron chi connectivity index (χ3n) is 2.52. The first-order chi connectivity index (χ1) is 8.59. The van der Waals surface area contributed by atoms with Crippen molar-refractivity contribution >= 4 is 23.3 Å². The van der Waals surface area contributed by atoms with Gasteiger partial charge >= 0.3 is 0 Å². The van der Waals surface area contributed by atoms with Crippen molar-refractivity contribution in [2.45, 2.75) is 19.9 Å². The molecule has 1 amide bonds. The number of hydrogen-bond donors (Lipinski definition) is 1. The molecule has 5 heteroatoms. The Morgan fingerprint density at radius 3 is 2.72 bits per heavy atom. The van der Waals surface area contributed by atoms with E-state index in [9.17, 15) is 4.79 Å². The molecule has 2 rings (SSSR count). The summed E-state index contributed by atoms with van der Waals surface area (Å²) in [4.78, 5) is 12.1. The van der Waals surface area contributed by atoms with Crippen LogP contribution in [-0.2, 0) is 0 Å². The van der Waals surface area contributed by atoms with Crippen molar-refractivity contribution in [3.05, 3.63) is 47.1 Å². The largest absolute Gasteiger partial charge is 0.307 e. The van der Waals surface area contributed by atoms with Gasteiger partial charge in [-0.3, -0.25) is 4.79 Å². The lowest BCUT2D eigenvalue weighted by Crippen LogP contribution is -2.17. The molecule has 4 nitrogen and oxygen atoms in total. The normalized spacial score (nSPS) is 10.7. The zero-order chi connectivity index (χ0) is 13.1. The number of carbonyl (C=O) groups excluding carboxylic acids is 1. The number of carbonyl (C=O) groups is 1. The van der Waals surface area contributed by atoms with Crippen molar-refractivity contribution in [3.8, 4) is 0 Å². The van der Waals surface area contributed by atoms with Crippen molar-refractivity contribution in [2.75, 3.05) is 5.32 Å². The van der Waals surface area contributed by atoms with Crippen molar-refractivity contribution in [2.24, 2.45) is 0 Å². The molecule has 0 aliphatic heterocycles. The van der Waals surface area contributed by atoms with E-state index in [4.69, 9.17) is 11.6 Å². The molecule has 0 bridgehead atoms. The van der Waals surface area contributed by atoms with Crippen LogP contribution < -0.4 is 5.32 Å². The lowest BCUT2D eigenvalue weighted by Gasteiger charge is -2.12. The van der Waals surface area contributed by atoms with Crippen LogP contribution in [0.1, 0.15) is 30.2 Å². The van der Waals surface area contributed by atoms with Crippen molar-refractivity contribution < 1.29 is 4.79 Å². The average Bonchev–Trinajstić information content (AvgIpc) is 2.77. The second kappa shape index (κ2) is 5.23. The molecule has 0 unspecified atom stereocenters. The lowest BCUT2D eigenvalue weighted by atomic mass is 10.2. The first kappa shape index (κ1) is 12.6. The highest BCUT2D eigenvalue weighted by atomic mass is 35.5. The first-order valence-corrected chi connectivity index (χ1v) is 6.07. The SMILES string of the molecule is CC(C)n1nccc1NC(=O)c1ccccc1Cl. The maximum absolute atomic E-state index is 12.1. The number of nitrogens with zero attached hydrogens (tertiary/aromatic N) is 2. The third kappa shape index (κ3) is 2.54. The Bertz CT molecular complexity index is 563. The summed E-state index contributed by atoms with van der Waals surface area (Å²) in [5.74, 6) is 0.429. The van der Waals surface area contributed by atoms with Crippen LogP contribution in [0.5, 0.6) is 0 Å². The fourth-order valence-electron chi connectivity index (χ4n) is 1.65. The Morgan fingerprint density at radius 1 is 1.33 bits per heavy atom.